The van der Waals surface area contributed by atoms with E-state index in [0.717, 1.165) is 19.3 Å². The molecule has 0 amide bonds. The van der Waals surface area contributed by atoms with Crippen LogP contribution in [0.25, 0.3) is 0 Å². The van der Waals surface area contributed by atoms with Crippen LogP contribution in [0.5, 0.6) is 0 Å². The highest BCUT2D eigenvalue weighted by Crippen LogP contribution is 2.24. The zero-order valence-electron chi connectivity index (χ0n) is 8.70. The second kappa shape index (κ2) is 5.98. The van der Waals surface area contributed by atoms with Gasteiger partial charge < -0.3 is 15.2 Å². The summed E-state index contributed by atoms with van der Waals surface area (Å²) in [5.41, 5.74) is 5.71. The molecule has 0 saturated heterocycles. The van der Waals surface area contributed by atoms with E-state index in [-0.39, 0.29) is 17.9 Å². The summed E-state index contributed by atoms with van der Waals surface area (Å²) < 4.78 is 10.1. The van der Waals surface area contributed by atoms with E-state index in [0.29, 0.717) is 19.8 Å². The molecule has 4 nitrogen and oxygen atoms in total. The van der Waals surface area contributed by atoms with E-state index >= 15 is 0 Å². The molecule has 1 aliphatic rings. The third-order valence-corrected chi connectivity index (χ3v) is 2.48. The van der Waals surface area contributed by atoms with Gasteiger partial charge in [0.15, 0.2) is 0 Å². The average molecular weight is 201 g/mol. The average Bonchev–Trinajstić information content (AvgIpc) is 2.59. The summed E-state index contributed by atoms with van der Waals surface area (Å²) >= 11 is 0. The summed E-state index contributed by atoms with van der Waals surface area (Å²) in [5, 5.41) is 0. The van der Waals surface area contributed by atoms with Crippen LogP contribution >= 0.6 is 0 Å². The molecule has 1 fully saturated rings. The maximum absolute atomic E-state index is 11.4. The van der Waals surface area contributed by atoms with E-state index in [1.807, 2.05) is 6.92 Å². The number of rotatable bonds is 5. The van der Waals surface area contributed by atoms with Gasteiger partial charge in [-0.1, -0.05) is 0 Å². The van der Waals surface area contributed by atoms with Gasteiger partial charge in [0.05, 0.1) is 12.5 Å². The largest absolute Gasteiger partial charge is 0.463 e. The molecule has 82 valence electrons. The van der Waals surface area contributed by atoms with Crippen LogP contribution in [0.15, 0.2) is 0 Å². The highest BCUT2D eigenvalue weighted by atomic mass is 16.6. The third kappa shape index (κ3) is 3.64. The van der Waals surface area contributed by atoms with Crippen LogP contribution in [-0.4, -0.2) is 31.8 Å². The monoisotopic (exact) mass is 201 g/mol. The Labute approximate surface area is 84.7 Å². The molecule has 0 aromatic rings. The summed E-state index contributed by atoms with van der Waals surface area (Å²) in [6, 6.07) is 0.180. The van der Waals surface area contributed by atoms with Crippen LogP contribution < -0.4 is 5.73 Å². The molecule has 2 atom stereocenters. The molecule has 1 rings (SSSR count). The lowest BCUT2D eigenvalue weighted by Crippen LogP contribution is -2.21. The molecular formula is C10H19NO3. The summed E-state index contributed by atoms with van der Waals surface area (Å²) in [5.74, 6) is -0.0933. The first-order valence-corrected chi connectivity index (χ1v) is 5.24. The predicted octanol–water partition coefficient (Wildman–Crippen LogP) is 0.694. The fourth-order valence-electron chi connectivity index (χ4n) is 1.69. The van der Waals surface area contributed by atoms with Crippen molar-refractivity contribution in [2.45, 2.75) is 32.2 Å². The molecule has 0 aromatic carbocycles. The SMILES string of the molecule is CCOCCOC(=O)[C@@H]1CC[C@H](N)C1. The molecular weight excluding hydrogens is 182 g/mol. The lowest BCUT2D eigenvalue weighted by atomic mass is 10.1. The lowest BCUT2D eigenvalue weighted by Gasteiger charge is -2.09. The van der Waals surface area contributed by atoms with Crippen molar-refractivity contribution in [1.29, 1.82) is 0 Å². The van der Waals surface area contributed by atoms with Gasteiger partial charge in [-0.3, -0.25) is 4.79 Å². The molecule has 1 aliphatic carbocycles. The predicted molar refractivity (Wildman–Crippen MR) is 52.8 cm³/mol. The van der Waals surface area contributed by atoms with Crippen molar-refractivity contribution in [3.05, 3.63) is 0 Å². The molecule has 0 aliphatic heterocycles. The zero-order chi connectivity index (χ0) is 10.4. The quantitative estimate of drug-likeness (QED) is 0.525. The Morgan fingerprint density at radius 1 is 1.43 bits per heavy atom. The van der Waals surface area contributed by atoms with Crippen LogP contribution in [0.1, 0.15) is 26.2 Å². The number of esters is 1. The fourth-order valence-corrected chi connectivity index (χ4v) is 1.69. The van der Waals surface area contributed by atoms with Gasteiger partial charge in [0.2, 0.25) is 0 Å². The molecule has 14 heavy (non-hydrogen) atoms. The van der Waals surface area contributed by atoms with Crippen LogP contribution in [0, 0.1) is 5.92 Å². The lowest BCUT2D eigenvalue weighted by molar-refractivity contribution is -0.149. The van der Waals surface area contributed by atoms with Crippen LogP contribution in [0.2, 0.25) is 0 Å². The van der Waals surface area contributed by atoms with Crippen LogP contribution in [0.3, 0.4) is 0 Å². The van der Waals surface area contributed by atoms with Gasteiger partial charge in [-0.05, 0) is 26.2 Å². The number of hydrogen-bond acceptors (Lipinski definition) is 4. The second-order valence-electron chi connectivity index (χ2n) is 3.63. The maximum Gasteiger partial charge on any atom is 0.309 e. The van der Waals surface area contributed by atoms with Gasteiger partial charge in [-0.15, -0.1) is 0 Å². The Kier molecular flexibility index (Phi) is 4.90. The molecule has 0 spiro atoms. The first kappa shape index (κ1) is 11.5. The Morgan fingerprint density at radius 2 is 2.21 bits per heavy atom. The van der Waals surface area contributed by atoms with Crippen molar-refractivity contribution >= 4 is 5.97 Å². The molecule has 0 unspecified atom stereocenters. The number of nitrogens with two attached hydrogens (primary N) is 1. The van der Waals surface area contributed by atoms with Crippen molar-refractivity contribution in [1.82, 2.24) is 0 Å². The minimum atomic E-state index is -0.113. The number of carbonyl (C=O) groups excluding carboxylic acids is 1. The fraction of sp³-hybridized carbons (Fsp3) is 0.900. The second-order valence-corrected chi connectivity index (χ2v) is 3.63. The first-order valence-electron chi connectivity index (χ1n) is 5.24. The van der Waals surface area contributed by atoms with Crippen LogP contribution in [0.4, 0.5) is 0 Å². The molecule has 0 bridgehead atoms. The Hall–Kier alpha value is -0.610. The summed E-state index contributed by atoms with van der Waals surface area (Å²) in [6.07, 6.45) is 2.58. The molecule has 4 heteroatoms. The van der Waals surface area contributed by atoms with Gasteiger partial charge in [0, 0.05) is 12.6 Å². The van der Waals surface area contributed by atoms with Crippen molar-refractivity contribution < 1.29 is 14.3 Å². The van der Waals surface area contributed by atoms with E-state index in [4.69, 9.17) is 15.2 Å². The van der Waals surface area contributed by atoms with Crippen molar-refractivity contribution in [2.24, 2.45) is 11.7 Å². The van der Waals surface area contributed by atoms with Crippen LogP contribution in [-0.2, 0) is 14.3 Å². The van der Waals surface area contributed by atoms with Gasteiger partial charge in [0.25, 0.3) is 0 Å². The smallest absolute Gasteiger partial charge is 0.309 e. The summed E-state index contributed by atoms with van der Waals surface area (Å²) in [7, 11) is 0. The first-order chi connectivity index (χ1) is 6.74. The standard InChI is InChI=1S/C10H19NO3/c1-2-13-5-6-14-10(12)8-3-4-9(11)7-8/h8-9H,2-7,11H2,1H3/t8-,9+/m1/s1. The summed E-state index contributed by atoms with van der Waals surface area (Å²) in [6.45, 7) is 3.42. The van der Waals surface area contributed by atoms with E-state index in [1.54, 1.807) is 0 Å². The highest BCUT2D eigenvalue weighted by molar-refractivity contribution is 5.72. The van der Waals surface area contributed by atoms with Crippen molar-refractivity contribution in [3.8, 4) is 0 Å². The van der Waals surface area contributed by atoms with Gasteiger partial charge >= 0.3 is 5.97 Å². The third-order valence-electron chi connectivity index (χ3n) is 2.48. The minimum Gasteiger partial charge on any atom is -0.463 e. The number of hydrogen-bond donors (Lipinski definition) is 1. The molecule has 0 aromatic heterocycles. The van der Waals surface area contributed by atoms with E-state index in [1.165, 1.54) is 0 Å². The topological polar surface area (TPSA) is 61.5 Å². The van der Waals surface area contributed by atoms with Crippen molar-refractivity contribution in [2.75, 3.05) is 19.8 Å². The molecule has 1 saturated carbocycles. The minimum absolute atomic E-state index is 0.0200. The zero-order valence-corrected chi connectivity index (χ0v) is 8.70. The number of carbonyl (C=O) groups is 1. The highest BCUT2D eigenvalue weighted by Gasteiger charge is 2.28. The normalized spacial score (nSPS) is 26.4. The Morgan fingerprint density at radius 3 is 2.79 bits per heavy atom. The Balaban J connectivity index is 2.09. The molecule has 2 N–H and O–H groups in total. The van der Waals surface area contributed by atoms with Crippen molar-refractivity contribution in [3.63, 3.8) is 0 Å². The summed E-state index contributed by atoms with van der Waals surface area (Å²) in [4.78, 5) is 11.4. The molecule has 0 heterocycles. The molecule has 0 radical (unpaired) electrons. The van der Waals surface area contributed by atoms with E-state index in [9.17, 15) is 4.79 Å². The Bertz CT molecular complexity index is 184. The van der Waals surface area contributed by atoms with E-state index < -0.39 is 0 Å². The maximum atomic E-state index is 11.4. The van der Waals surface area contributed by atoms with Gasteiger partial charge in [0.1, 0.15) is 6.61 Å². The number of ether oxygens (including phenoxy) is 2. The van der Waals surface area contributed by atoms with E-state index in [2.05, 4.69) is 0 Å². The van der Waals surface area contributed by atoms with Gasteiger partial charge in [-0.25, -0.2) is 0 Å². The van der Waals surface area contributed by atoms with Gasteiger partial charge in [-0.2, -0.15) is 0 Å².